The monoisotopic (exact) mass is 501 g/mol. The normalized spacial score (nSPS) is 13.7. The van der Waals surface area contributed by atoms with Gasteiger partial charge in [-0.05, 0) is 24.3 Å². The van der Waals surface area contributed by atoms with Crippen LogP contribution in [-0.2, 0) is 13.6 Å². The first-order valence-electron chi connectivity index (χ1n) is 10.3. The Bertz CT molecular complexity index is 1420. The van der Waals surface area contributed by atoms with E-state index in [-0.39, 0.29) is 28.8 Å². The van der Waals surface area contributed by atoms with Crippen LogP contribution in [0.15, 0.2) is 53.6 Å². The van der Waals surface area contributed by atoms with Crippen molar-refractivity contribution in [2.45, 2.75) is 12.6 Å². The van der Waals surface area contributed by atoms with Crippen molar-refractivity contribution in [2.24, 2.45) is 7.05 Å². The molecule has 9 nitrogen and oxygen atoms in total. The fraction of sp³-hybridized carbons (Fsp3) is 0.227. The van der Waals surface area contributed by atoms with Gasteiger partial charge in [-0.3, -0.25) is 4.79 Å². The standard InChI is InChI=1S/C22H18Cl2FN7O2/c1-30-19(22(28-29-30)17-3-2-13(23)6-18(17)25)12-32-21(33)7-14(9-27-32)31-10-16(11-31)34-15-4-5-26-20(24)8-15/h2-9,16H,10-12H2,1H3. The van der Waals surface area contributed by atoms with Gasteiger partial charge < -0.3 is 9.64 Å². The summed E-state index contributed by atoms with van der Waals surface area (Å²) in [6, 6.07) is 9.23. The van der Waals surface area contributed by atoms with Gasteiger partial charge in [0.15, 0.2) is 0 Å². The number of halogens is 3. The maximum absolute atomic E-state index is 14.4. The van der Waals surface area contributed by atoms with E-state index in [9.17, 15) is 9.18 Å². The molecule has 4 aromatic rings. The highest BCUT2D eigenvalue weighted by Crippen LogP contribution is 2.27. The third kappa shape index (κ3) is 4.46. The van der Waals surface area contributed by atoms with Crippen LogP contribution in [0.25, 0.3) is 11.3 Å². The van der Waals surface area contributed by atoms with Gasteiger partial charge in [0.2, 0.25) is 0 Å². The Morgan fingerprint density at radius 2 is 2.00 bits per heavy atom. The lowest BCUT2D eigenvalue weighted by atomic mass is 10.1. The van der Waals surface area contributed by atoms with Crippen LogP contribution >= 0.6 is 23.2 Å². The molecule has 1 aliphatic heterocycles. The minimum atomic E-state index is -0.520. The van der Waals surface area contributed by atoms with Crippen LogP contribution in [0.4, 0.5) is 10.1 Å². The van der Waals surface area contributed by atoms with Crippen molar-refractivity contribution in [3.8, 4) is 17.0 Å². The summed E-state index contributed by atoms with van der Waals surface area (Å²) in [6.45, 7) is 1.29. The maximum Gasteiger partial charge on any atom is 0.269 e. The molecular weight excluding hydrogens is 484 g/mol. The molecular formula is C22H18Cl2FN7O2. The second-order valence-corrected chi connectivity index (χ2v) is 8.62. The van der Waals surface area contributed by atoms with Gasteiger partial charge in [-0.15, -0.1) is 5.10 Å². The number of benzene rings is 1. The molecule has 1 aliphatic rings. The Morgan fingerprint density at radius 3 is 2.74 bits per heavy atom. The zero-order valence-corrected chi connectivity index (χ0v) is 19.4. The van der Waals surface area contributed by atoms with Gasteiger partial charge in [0.1, 0.15) is 28.5 Å². The van der Waals surface area contributed by atoms with Crippen LogP contribution in [-0.4, -0.2) is 49.0 Å². The van der Waals surface area contributed by atoms with Gasteiger partial charge in [-0.1, -0.05) is 28.4 Å². The zero-order chi connectivity index (χ0) is 23.8. The molecule has 0 aliphatic carbocycles. The third-order valence-electron chi connectivity index (χ3n) is 5.50. The molecule has 5 rings (SSSR count). The highest BCUT2D eigenvalue weighted by molar-refractivity contribution is 6.30. The number of anilines is 1. The minimum Gasteiger partial charge on any atom is -0.487 e. The van der Waals surface area contributed by atoms with Crippen molar-refractivity contribution >= 4 is 28.9 Å². The fourth-order valence-electron chi connectivity index (χ4n) is 3.68. The summed E-state index contributed by atoms with van der Waals surface area (Å²) in [5.74, 6) is 0.129. The molecule has 1 aromatic carbocycles. The van der Waals surface area contributed by atoms with Crippen molar-refractivity contribution in [2.75, 3.05) is 18.0 Å². The van der Waals surface area contributed by atoms with Gasteiger partial charge >= 0.3 is 0 Å². The molecule has 34 heavy (non-hydrogen) atoms. The Labute approximate surface area is 203 Å². The number of hydrogen-bond donors (Lipinski definition) is 0. The molecule has 0 spiro atoms. The summed E-state index contributed by atoms with van der Waals surface area (Å²) >= 11 is 11.7. The molecule has 0 bridgehead atoms. The second kappa shape index (κ2) is 9.03. The van der Waals surface area contributed by atoms with Crippen molar-refractivity contribution < 1.29 is 9.13 Å². The second-order valence-electron chi connectivity index (χ2n) is 7.80. The van der Waals surface area contributed by atoms with E-state index in [2.05, 4.69) is 20.4 Å². The molecule has 0 saturated carbocycles. The van der Waals surface area contributed by atoms with Crippen molar-refractivity contribution in [1.82, 2.24) is 29.8 Å². The molecule has 1 saturated heterocycles. The smallest absolute Gasteiger partial charge is 0.269 e. The summed E-state index contributed by atoms with van der Waals surface area (Å²) in [5.41, 5.74) is 1.51. The first-order valence-corrected chi connectivity index (χ1v) is 11.1. The van der Waals surface area contributed by atoms with Crippen molar-refractivity contribution in [3.63, 3.8) is 0 Å². The molecule has 0 radical (unpaired) electrons. The van der Waals surface area contributed by atoms with Crippen LogP contribution in [0, 0.1) is 5.82 Å². The van der Waals surface area contributed by atoms with Crippen LogP contribution < -0.4 is 15.2 Å². The molecule has 174 valence electrons. The van der Waals surface area contributed by atoms with E-state index in [1.165, 1.54) is 27.6 Å². The van der Waals surface area contributed by atoms with Gasteiger partial charge in [-0.2, -0.15) is 5.10 Å². The Morgan fingerprint density at radius 1 is 1.18 bits per heavy atom. The number of pyridine rings is 1. The predicted molar refractivity (Wildman–Crippen MR) is 125 cm³/mol. The highest BCUT2D eigenvalue weighted by atomic mass is 35.5. The number of ether oxygens (including phenoxy) is 1. The average Bonchev–Trinajstić information content (AvgIpc) is 3.12. The highest BCUT2D eigenvalue weighted by Gasteiger charge is 2.29. The first kappa shape index (κ1) is 22.3. The molecule has 1 fully saturated rings. The van der Waals surface area contributed by atoms with Gasteiger partial charge in [-0.25, -0.2) is 18.7 Å². The summed E-state index contributed by atoms with van der Waals surface area (Å²) in [6.07, 6.45) is 3.17. The average molecular weight is 502 g/mol. The lowest BCUT2D eigenvalue weighted by molar-refractivity contribution is 0.167. The van der Waals surface area contributed by atoms with Gasteiger partial charge in [0, 0.05) is 36.0 Å². The topological polar surface area (TPSA) is 91.0 Å². The predicted octanol–water partition coefficient (Wildman–Crippen LogP) is 3.20. The van der Waals surface area contributed by atoms with E-state index in [0.29, 0.717) is 41.1 Å². The number of hydrogen-bond acceptors (Lipinski definition) is 7. The number of rotatable bonds is 6. The van der Waals surface area contributed by atoms with Crippen LogP contribution in [0.1, 0.15) is 5.69 Å². The quantitative estimate of drug-likeness (QED) is 0.374. The van der Waals surface area contributed by atoms with Crippen molar-refractivity contribution in [1.29, 1.82) is 0 Å². The number of aryl methyl sites for hydroxylation is 1. The Kier molecular flexibility index (Phi) is 5.93. The van der Waals surface area contributed by atoms with E-state index in [0.717, 1.165) is 0 Å². The van der Waals surface area contributed by atoms with E-state index in [1.807, 2.05) is 4.90 Å². The number of nitrogens with zero attached hydrogens (tertiary/aromatic N) is 7. The SMILES string of the molecule is Cn1nnc(-c2ccc(Cl)cc2F)c1Cn1ncc(N2CC(Oc3ccnc(Cl)c3)C2)cc1=O. The largest absolute Gasteiger partial charge is 0.487 e. The van der Waals surface area contributed by atoms with E-state index in [1.54, 1.807) is 37.6 Å². The summed E-state index contributed by atoms with van der Waals surface area (Å²) in [4.78, 5) is 18.7. The Balaban J connectivity index is 1.29. The van der Waals surface area contributed by atoms with E-state index < -0.39 is 5.82 Å². The minimum absolute atomic E-state index is 0.0294. The molecule has 0 unspecified atom stereocenters. The molecule has 0 amide bonds. The summed E-state index contributed by atoms with van der Waals surface area (Å²) < 4.78 is 23.1. The molecule has 12 heteroatoms. The molecule has 0 N–H and O–H groups in total. The van der Waals surface area contributed by atoms with Crippen LogP contribution in [0.2, 0.25) is 10.2 Å². The third-order valence-corrected chi connectivity index (χ3v) is 5.94. The fourth-order valence-corrected chi connectivity index (χ4v) is 4.00. The first-order chi connectivity index (χ1) is 16.4. The summed E-state index contributed by atoms with van der Waals surface area (Å²) in [7, 11) is 1.68. The van der Waals surface area contributed by atoms with Gasteiger partial charge in [0.25, 0.3) is 5.56 Å². The molecule has 4 heterocycles. The summed E-state index contributed by atoms with van der Waals surface area (Å²) in [5, 5.41) is 13.0. The molecule has 3 aromatic heterocycles. The van der Waals surface area contributed by atoms with Crippen molar-refractivity contribution in [3.05, 3.63) is 80.8 Å². The number of aromatic nitrogens is 6. The lowest BCUT2D eigenvalue weighted by Crippen LogP contribution is -2.54. The lowest BCUT2D eigenvalue weighted by Gasteiger charge is -2.40. The van der Waals surface area contributed by atoms with Crippen LogP contribution in [0.5, 0.6) is 5.75 Å². The molecule has 0 atom stereocenters. The Hall–Kier alpha value is -3.50. The van der Waals surface area contributed by atoms with E-state index in [4.69, 9.17) is 27.9 Å². The van der Waals surface area contributed by atoms with E-state index >= 15 is 0 Å². The van der Waals surface area contributed by atoms with Gasteiger partial charge in [0.05, 0.1) is 37.2 Å². The maximum atomic E-state index is 14.4. The van der Waals surface area contributed by atoms with Crippen LogP contribution in [0.3, 0.4) is 0 Å². The zero-order valence-electron chi connectivity index (χ0n) is 17.9.